The smallest absolute Gasteiger partial charge is 0.376 e. The van der Waals surface area contributed by atoms with Crippen LogP contribution in [0.2, 0.25) is 0 Å². The summed E-state index contributed by atoms with van der Waals surface area (Å²) < 4.78 is 44.1. The topological polar surface area (TPSA) is 70.9 Å². The van der Waals surface area contributed by atoms with E-state index < -0.39 is 22.4 Å². The molecule has 0 radical (unpaired) electrons. The summed E-state index contributed by atoms with van der Waals surface area (Å²) in [7, 11) is 0. The zero-order valence-corrected chi connectivity index (χ0v) is 15.9. The minimum absolute atomic E-state index is 0.161. The SMILES string of the molecule is O=[N+]([O-])c1cc(C(F)(F)F)ccc1N1CCN(C(=S)NC[C@H]2CCCO2)CC1. The minimum atomic E-state index is -4.62. The van der Waals surface area contributed by atoms with Crippen LogP contribution < -0.4 is 10.2 Å². The molecule has 0 unspecified atom stereocenters. The first kappa shape index (κ1) is 20.6. The van der Waals surface area contributed by atoms with Gasteiger partial charge in [0.05, 0.1) is 16.6 Å². The summed E-state index contributed by atoms with van der Waals surface area (Å²) in [5.74, 6) is 0. The Kier molecular flexibility index (Phi) is 6.23. The number of alkyl halides is 3. The van der Waals surface area contributed by atoms with Crippen LogP contribution in [-0.4, -0.2) is 60.4 Å². The third-order valence-electron chi connectivity index (χ3n) is 4.91. The molecule has 0 aliphatic carbocycles. The number of nitrogens with zero attached hydrogens (tertiary/aromatic N) is 3. The van der Waals surface area contributed by atoms with Crippen molar-refractivity contribution in [2.75, 3.05) is 44.2 Å². The Balaban J connectivity index is 1.61. The number of nitro groups is 1. The third kappa shape index (κ3) is 4.82. The lowest BCUT2D eigenvalue weighted by Crippen LogP contribution is -2.52. The van der Waals surface area contributed by atoms with Crippen molar-refractivity contribution in [3.05, 3.63) is 33.9 Å². The van der Waals surface area contributed by atoms with Crippen molar-refractivity contribution >= 4 is 28.7 Å². The van der Waals surface area contributed by atoms with Crippen LogP contribution in [-0.2, 0) is 10.9 Å². The highest BCUT2D eigenvalue weighted by Crippen LogP contribution is 2.36. The fourth-order valence-corrected chi connectivity index (χ4v) is 3.65. The van der Waals surface area contributed by atoms with E-state index in [2.05, 4.69) is 5.32 Å². The fourth-order valence-electron chi connectivity index (χ4n) is 3.38. The summed E-state index contributed by atoms with van der Waals surface area (Å²) in [6, 6.07) is 2.64. The summed E-state index contributed by atoms with van der Waals surface area (Å²) in [6.45, 7) is 3.31. The Morgan fingerprint density at radius 1 is 1.32 bits per heavy atom. The lowest BCUT2D eigenvalue weighted by molar-refractivity contribution is -0.384. The predicted molar refractivity (Wildman–Crippen MR) is 101 cm³/mol. The molecule has 2 aliphatic rings. The van der Waals surface area contributed by atoms with Crippen molar-refractivity contribution in [1.29, 1.82) is 0 Å². The van der Waals surface area contributed by atoms with E-state index in [4.69, 9.17) is 17.0 Å². The average Bonchev–Trinajstić information content (AvgIpc) is 3.18. The Labute approximate surface area is 165 Å². The van der Waals surface area contributed by atoms with E-state index in [1.165, 1.54) is 6.07 Å². The van der Waals surface area contributed by atoms with Crippen molar-refractivity contribution in [2.45, 2.75) is 25.1 Å². The molecule has 1 N–H and O–H groups in total. The summed E-state index contributed by atoms with van der Waals surface area (Å²) in [5.41, 5.74) is -1.38. The molecule has 7 nitrogen and oxygen atoms in total. The molecule has 0 amide bonds. The number of thiocarbonyl (C=S) groups is 1. The van der Waals surface area contributed by atoms with Crippen molar-refractivity contribution in [1.82, 2.24) is 10.2 Å². The number of nitrogens with one attached hydrogen (secondary N) is 1. The van der Waals surface area contributed by atoms with Gasteiger partial charge in [0.2, 0.25) is 0 Å². The van der Waals surface area contributed by atoms with Gasteiger partial charge in [0, 0.05) is 45.4 Å². The summed E-state index contributed by atoms with van der Waals surface area (Å²) >= 11 is 5.40. The molecule has 154 valence electrons. The normalized spacial score (nSPS) is 20.3. The summed E-state index contributed by atoms with van der Waals surface area (Å²) in [4.78, 5) is 14.2. The molecule has 0 saturated carbocycles. The number of ether oxygens (including phenoxy) is 1. The number of anilines is 1. The lowest BCUT2D eigenvalue weighted by atomic mass is 10.1. The van der Waals surface area contributed by atoms with Crippen LogP contribution in [0.1, 0.15) is 18.4 Å². The van der Waals surface area contributed by atoms with Gasteiger partial charge in [0.15, 0.2) is 5.11 Å². The number of piperazine rings is 1. The molecular weight excluding hydrogens is 397 g/mol. The van der Waals surface area contributed by atoms with E-state index in [9.17, 15) is 23.3 Å². The first-order valence-corrected chi connectivity index (χ1v) is 9.41. The number of rotatable bonds is 4. The number of halogens is 3. The molecular formula is C17H21F3N4O3S. The molecule has 2 heterocycles. The van der Waals surface area contributed by atoms with Gasteiger partial charge in [-0.25, -0.2) is 0 Å². The highest BCUT2D eigenvalue weighted by Gasteiger charge is 2.34. The molecule has 1 aromatic carbocycles. The quantitative estimate of drug-likeness (QED) is 0.458. The standard InChI is InChI=1S/C17H21F3N4O3S/c18-17(19,20)12-3-4-14(15(10-12)24(25)26)22-5-7-23(8-6-22)16(28)21-11-13-2-1-9-27-13/h3-4,10,13H,1-2,5-9,11H2,(H,21,28)/t13-/m1/s1. The van der Waals surface area contributed by atoms with Gasteiger partial charge < -0.3 is 19.9 Å². The van der Waals surface area contributed by atoms with Crippen LogP contribution in [0, 0.1) is 10.1 Å². The molecule has 0 spiro atoms. The zero-order chi connectivity index (χ0) is 20.3. The molecule has 1 aromatic rings. The van der Waals surface area contributed by atoms with Gasteiger partial charge in [0.25, 0.3) is 5.69 Å². The fraction of sp³-hybridized carbons (Fsp3) is 0.588. The molecule has 11 heteroatoms. The van der Waals surface area contributed by atoms with Crippen LogP contribution in [0.4, 0.5) is 24.5 Å². The van der Waals surface area contributed by atoms with Gasteiger partial charge in [-0.05, 0) is 37.2 Å². The number of hydrogen-bond donors (Lipinski definition) is 1. The molecule has 3 rings (SSSR count). The monoisotopic (exact) mass is 418 g/mol. The maximum Gasteiger partial charge on any atom is 0.416 e. The summed E-state index contributed by atoms with van der Waals surface area (Å²) in [6.07, 6.45) is -2.41. The van der Waals surface area contributed by atoms with Crippen LogP contribution >= 0.6 is 12.2 Å². The molecule has 2 aliphatic heterocycles. The highest BCUT2D eigenvalue weighted by molar-refractivity contribution is 7.80. The number of nitro benzene ring substituents is 1. The molecule has 28 heavy (non-hydrogen) atoms. The van der Waals surface area contributed by atoms with E-state index in [0.29, 0.717) is 43.9 Å². The first-order valence-electron chi connectivity index (χ1n) is 9.00. The lowest BCUT2D eigenvalue weighted by Gasteiger charge is -2.37. The molecule has 0 aromatic heterocycles. The van der Waals surface area contributed by atoms with Crippen molar-refractivity contribution in [2.24, 2.45) is 0 Å². The third-order valence-corrected chi connectivity index (χ3v) is 5.31. The van der Waals surface area contributed by atoms with E-state index in [1.54, 1.807) is 4.90 Å². The average molecular weight is 418 g/mol. The van der Waals surface area contributed by atoms with E-state index >= 15 is 0 Å². The van der Waals surface area contributed by atoms with E-state index in [1.807, 2.05) is 4.90 Å². The Bertz CT molecular complexity index is 733. The summed E-state index contributed by atoms with van der Waals surface area (Å²) in [5, 5.41) is 15.1. The van der Waals surface area contributed by atoms with Gasteiger partial charge >= 0.3 is 6.18 Å². The Hall–Kier alpha value is -2.14. The second-order valence-electron chi connectivity index (χ2n) is 6.75. The largest absolute Gasteiger partial charge is 0.416 e. The second-order valence-corrected chi connectivity index (χ2v) is 7.14. The van der Waals surface area contributed by atoms with Gasteiger partial charge in [-0.3, -0.25) is 10.1 Å². The van der Waals surface area contributed by atoms with E-state index in [0.717, 1.165) is 25.5 Å². The highest BCUT2D eigenvalue weighted by atomic mass is 32.1. The van der Waals surface area contributed by atoms with Crippen LogP contribution in [0.15, 0.2) is 18.2 Å². The van der Waals surface area contributed by atoms with Crippen molar-refractivity contribution < 1.29 is 22.8 Å². The maximum absolute atomic E-state index is 12.9. The van der Waals surface area contributed by atoms with E-state index in [-0.39, 0.29) is 11.8 Å². The number of hydrogen-bond acceptors (Lipinski definition) is 5. The Morgan fingerprint density at radius 3 is 2.61 bits per heavy atom. The molecule has 2 fully saturated rings. The second kappa shape index (κ2) is 8.48. The zero-order valence-electron chi connectivity index (χ0n) is 15.1. The van der Waals surface area contributed by atoms with Gasteiger partial charge in [-0.15, -0.1) is 0 Å². The van der Waals surface area contributed by atoms with Crippen LogP contribution in [0.3, 0.4) is 0 Å². The number of benzene rings is 1. The minimum Gasteiger partial charge on any atom is -0.376 e. The Morgan fingerprint density at radius 2 is 2.04 bits per heavy atom. The molecule has 0 bridgehead atoms. The van der Waals surface area contributed by atoms with Crippen molar-refractivity contribution in [3.8, 4) is 0 Å². The van der Waals surface area contributed by atoms with Gasteiger partial charge in [-0.1, -0.05) is 0 Å². The van der Waals surface area contributed by atoms with Crippen LogP contribution in [0.5, 0.6) is 0 Å². The maximum atomic E-state index is 12.9. The van der Waals surface area contributed by atoms with Crippen molar-refractivity contribution in [3.63, 3.8) is 0 Å². The molecule has 1 atom stereocenters. The predicted octanol–water partition coefficient (Wildman–Crippen LogP) is 2.79. The van der Waals surface area contributed by atoms with Gasteiger partial charge in [0.1, 0.15) is 5.69 Å². The van der Waals surface area contributed by atoms with Crippen LogP contribution in [0.25, 0.3) is 0 Å². The first-order chi connectivity index (χ1) is 13.3. The van der Waals surface area contributed by atoms with Gasteiger partial charge in [-0.2, -0.15) is 13.2 Å². The molecule has 2 saturated heterocycles.